The Labute approximate surface area is 265 Å². The lowest BCUT2D eigenvalue weighted by Gasteiger charge is -2.36. The van der Waals surface area contributed by atoms with Crippen LogP contribution < -0.4 is 9.47 Å². The predicted octanol–water partition coefficient (Wildman–Crippen LogP) is 5.70. The van der Waals surface area contributed by atoms with Crippen LogP contribution in [0.3, 0.4) is 0 Å². The molecule has 9 heteroatoms. The molecule has 1 aromatic heterocycles. The summed E-state index contributed by atoms with van der Waals surface area (Å²) in [5.41, 5.74) is 1.96. The first-order chi connectivity index (χ1) is 21.8. The minimum absolute atomic E-state index is 0.0467. The highest BCUT2D eigenvalue weighted by Gasteiger charge is 2.55. The quantitative estimate of drug-likeness (QED) is 0.319. The molecular weight excluding hydrogens is 570 g/mol. The van der Waals surface area contributed by atoms with Crippen LogP contribution in [-0.4, -0.2) is 64.9 Å². The number of rotatable bonds is 3. The van der Waals surface area contributed by atoms with E-state index in [2.05, 4.69) is 6.92 Å². The molecule has 8 atom stereocenters. The maximum absolute atomic E-state index is 14.5. The molecule has 0 N–H and O–H groups in total. The number of amides is 1. The van der Waals surface area contributed by atoms with E-state index >= 15 is 0 Å². The molecule has 3 heterocycles. The summed E-state index contributed by atoms with van der Waals surface area (Å²) < 4.78 is 18.3. The van der Waals surface area contributed by atoms with E-state index in [1.54, 1.807) is 12.0 Å². The van der Waals surface area contributed by atoms with Crippen LogP contribution in [0.5, 0.6) is 11.6 Å². The van der Waals surface area contributed by atoms with Crippen molar-refractivity contribution in [3.8, 4) is 11.6 Å². The number of nitrogens with zero attached hydrogens (tertiary/aromatic N) is 3. The Morgan fingerprint density at radius 2 is 1.80 bits per heavy atom. The molecule has 2 aliphatic heterocycles. The Hall–Kier alpha value is -3.23. The number of esters is 1. The Morgan fingerprint density at radius 3 is 2.58 bits per heavy atom. The summed E-state index contributed by atoms with van der Waals surface area (Å²) in [6, 6.07) is 5.02. The lowest BCUT2D eigenvalue weighted by Crippen LogP contribution is -2.47. The molecule has 0 radical (unpaired) electrons. The second kappa shape index (κ2) is 12.2. The fourth-order valence-corrected chi connectivity index (χ4v) is 9.09. The SMILES string of the molecule is COc1ccc2nc3c(nc2c1)O[C@H]1CN(C(=O)[C@H](C2(C)CCCC2)CC(=O)O[C@@H]2CC4CC4[C@H]2CCCCC3)[C@H](C=O)[C@@H]1C. The van der Waals surface area contributed by atoms with Crippen LogP contribution >= 0.6 is 0 Å². The summed E-state index contributed by atoms with van der Waals surface area (Å²) in [4.78, 5) is 52.2. The zero-order chi connectivity index (χ0) is 31.3. The smallest absolute Gasteiger partial charge is 0.306 e. The normalized spacial score (nSPS) is 35.0. The molecule has 4 fully saturated rings. The lowest BCUT2D eigenvalue weighted by atomic mass is 9.73. The molecule has 1 amide bonds. The Kier molecular flexibility index (Phi) is 8.23. The van der Waals surface area contributed by atoms with E-state index in [0.717, 1.165) is 81.7 Å². The van der Waals surface area contributed by atoms with Crippen molar-refractivity contribution in [2.24, 2.45) is 35.0 Å². The largest absolute Gasteiger partial charge is 0.497 e. The number of methoxy groups -OCH3 is 1. The van der Waals surface area contributed by atoms with E-state index in [9.17, 15) is 14.4 Å². The summed E-state index contributed by atoms with van der Waals surface area (Å²) in [6.07, 6.45) is 11.4. The number of benzene rings is 1. The van der Waals surface area contributed by atoms with Crippen molar-refractivity contribution in [2.75, 3.05) is 13.7 Å². The number of aryl methyl sites for hydroxylation is 1. The second-order valence-electron chi connectivity index (χ2n) is 14.8. The van der Waals surface area contributed by atoms with Crippen molar-refractivity contribution in [1.29, 1.82) is 0 Å². The number of fused-ring (bicyclic) bond motifs is 7. The van der Waals surface area contributed by atoms with Gasteiger partial charge in [0.15, 0.2) is 0 Å². The Morgan fingerprint density at radius 1 is 0.978 bits per heavy atom. The highest BCUT2D eigenvalue weighted by Crippen LogP contribution is 2.58. The van der Waals surface area contributed by atoms with E-state index < -0.39 is 18.1 Å². The summed E-state index contributed by atoms with van der Waals surface area (Å²) in [6.45, 7) is 4.36. The summed E-state index contributed by atoms with van der Waals surface area (Å²) in [7, 11) is 1.63. The number of hydrogen-bond acceptors (Lipinski definition) is 8. The van der Waals surface area contributed by atoms with Crippen LogP contribution in [0.1, 0.15) is 90.2 Å². The lowest BCUT2D eigenvalue weighted by molar-refractivity contribution is -0.158. The molecule has 9 nitrogen and oxygen atoms in total. The van der Waals surface area contributed by atoms with Crippen LogP contribution in [0.25, 0.3) is 11.0 Å². The van der Waals surface area contributed by atoms with Crippen molar-refractivity contribution in [3.63, 3.8) is 0 Å². The summed E-state index contributed by atoms with van der Waals surface area (Å²) in [5, 5.41) is 0. The van der Waals surface area contributed by atoms with Gasteiger partial charge in [-0.1, -0.05) is 39.5 Å². The highest BCUT2D eigenvalue weighted by molar-refractivity contribution is 5.87. The number of aromatic nitrogens is 2. The molecule has 2 unspecified atom stereocenters. The molecule has 2 bridgehead atoms. The standard InChI is InChI=1S/C36H47N3O6/c1-21-30(20-40)39-19-32(21)45-34-28(37-27-12-11-23(43-3)17-29(27)38-34)10-6-4-5-9-24-25-15-22(25)16-31(24)44-33(41)18-26(35(39)42)36(2)13-7-8-14-36/h11-12,17,20-22,24-26,30-32H,4-10,13-16,18-19H2,1-3H3/t21-,22?,24+,25?,26+,30+,31+,32-/m0/s1. The van der Waals surface area contributed by atoms with Crippen molar-refractivity contribution in [1.82, 2.24) is 14.9 Å². The van der Waals surface area contributed by atoms with Gasteiger partial charge in [-0.2, -0.15) is 0 Å². The number of hydrogen-bond donors (Lipinski definition) is 0. The molecule has 0 spiro atoms. The Bertz CT molecular complexity index is 1460. The van der Waals surface area contributed by atoms with Crippen molar-refractivity contribution >= 4 is 29.2 Å². The van der Waals surface area contributed by atoms with Gasteiger partial charge in [0.25, 0.3) is 0 Å². The van der Waals surface area contributed by atoms with Crippen molar-refractivity contribution in [3.05, 3.63) is 23.9 Å². The van der Waals surface area contributed by atoms with E-state index in [1.807, 2.05) is 25.1 Å². The van der Waals surface area contributed by atoms with E-state index in [0.29, 0.717) is 34.9 Å². The van der Waals surface area contributed by atoms with Crippen LogP contribution in [0.4, 0.5) is 0 Å². The minimum Gasteiger partial charge on any atom is -0.497 e. The third-order valence-electron chi connectivity index (χ3n) is 12.0. The maximum atomic E-state index is 14.5. The first-order valence-corrected chi connectivity index (χ1v) is 17.2. The first-order valence-electron chi connectivity index (χ1n) is 17.2. The topological polar surface area (TPSA) is 108 Å². The fourth-order valence-electron chi connectivity index (χ4n) is 9.09. The zero-order valence-electron chi connectivity index (χ0n) is 26.9. The third kappa shape index (κ3) is 5.80. The van der Waals surface area contributed by atoms with Crippen molar-refractivity contribution in [2.45, 2.75) is 109 Å². The molecule has 5 aliphatic rings. The molecule has 45 heavy (non-hydrogen) atoms. The van der Waals surface area contributed by atoms with E-state index in [4.69, 9.17) is 24.2 Å². The second-order valence-corrected chi connectivity index (χ2v) is 14.8. The molecule has 242 valence electrons. The fraction of sp³-hybridized carbons (Fsp3) is 0.694. The molecule has 1 aromatic carbocycles. The van der Waals surface area contributed by atoms with Gasteiger partial charge in [-0.15, -0.1) is 0 Å². The van der Waals surface area contributed by atoms with Gasteiger partial charge < -0.3 is 23.9 Å². The number of aldehydes is 1. The number of carbonyl (C=O) groups excluding carboxylic acids is 3. The van der Waals surface area contributed by atoms with Gasteiger partial charge in [-0.05, 0) is 80.2 Å². The van der Waals surface area contributed by atoms with E-state index in [1.165, 1.54) is 6.42 Å². The van der Waals surface area contributed by atoms with Crippen molar-refractivity contribution < 1.29 is 28.6 Å². The molecule has 7 rings (SSSR count). The molecular formula is C36H47N3O6. The monoisotopic (exact) mass is 617 g/mol. The molecule has 3 saturated carbocycles. The van der Waals surface area contributed by atoms with Gasteiger partial charge in [-0.3, -0.25) is 9.59 Å². The predicted molar refractivity (Wildman–Crippen MR) is 168 cm³/mol. The number of ether oxygens (including phenoxy) is 3. The van der Waals surface area contributed by atoms with Gasteiger partial charge in [0, 0.05) is 12.0 Å². The first kappa shape index (κ1) is 30.4. The van der Waals surface area contributed by atoms with E-state index in [-0.39, 0.29) is 42.3 Å². The van der Waals surface area contributed by atoms with Crippen LogP contribution in [0.2, 0.25) is 0 Å². The number of carbonyl (C=O) groups is 3. The van der Waals surface area contributed by atoms with Gasteiger partial charge in [-0.25, -0.2) is 9.97 Å². The van der Waals surface area contributed by atoms with Gasteiger partial charge in [0.05, 0.1) is 43.1 Å². The Balaban J connectivity index is 1.23. The molecule has 2 aromatic rings. The molecule has 1 saturated heterocycles. The molecule has 3 aliphatic carbocycles. The average Bonchev–Trinajstić information content (AvgIpc) is 3.32. The third-order valence-corrected chi connectivity index (χ3v) is 12.0. The van der Waals surface area contributed by atoms with Crippen LogP contribution in [0.15, 0.2) is 18.2 Å². The van der Waals surface area contributed by atoms with Gasteiger partial charge in [0.2, 0.25) is 11.8 Å². The zero-order valence-corrected chi connectivity index (χ0v) is 26.9. The van der Waals surface area contributed by atoms with Crippen LogP contribution in [-0.2, 0) is 25.5 Å². The maximum Gasteiger partial charge on any atom is 0.306 e. The average molecular weight is 618 g/mol. The summed E-state index contributed by atoms with van der Waals surface area (Å²) in [5.74, 6) is 1.73. The summed E-state index contributed by atoms with van der Waals surface area (Å²) >= 11 is 0. The highest BCUT2D eigenvalue weighted by atomic mass is 16.5. The minimum atomic E-state index is -0.642. The van der Waals surface area contributed by atoms with Gasteiger partial charge in [0.1, 0.15) is 29.9 Å². The van der Waals surface area contributed by atoms with Crippen LogP contribution in [0, 0.1) is 35.0 Å². The van der Waals surface area contributed by atoms with Gasteiger partial charge >= 0.3 is 5.97 Å².